The summed E-state index contributed by atoms with van der Waals surface area (Å²) < 4.78 is 0. The van der Waals surface area contributed by atoms with Crippen LogP contribution >= 0.6 is 0 Å². The molecule has 2 N–H and O–H groups in total. The predicted molar refractivity (Wildman–Crippen MR) is 77.6 cm³/mol. The zero-order chi connectivity index (χ0) is 15.1. The maximum atomic E-state index is 11.7. The molecule has 1 aromatic rings. The molecule has 0 unspecified atom stereocenters. The first-order valence-corrected chi connectivity index (χ1v) is 6.69. The van der Waals surface area contributed by atoms with Crippen LogP contribution in [-0.2, 0) is 11.3 Å². The van der Waals surface area contributed by atoms with Gasteiger partial charge < -0.3 is 15.3 Å². The van der Waals surface area contributed by atoms with Crippen LogP contribution in [0.15, 0.2) is 24.3 Å². The third-order valence-corrected chi connectivity index (χ3v) is 3.03. The molecular formula is C15H22N2O3. The molecule has 2 amide bonds. The molecule has 0 fully saturated rings. The minimum absolute atomic E-state index is 0.0668. The number of rotatable bonds is 6. The average Bonchev–Trinajstić information content (AvgIpc) is 2.38. The summed E-state index contributed by atoms with van der Waals surface area (Å²) in [5.74, 6) is -0.432. The maximum Gasteiger partial charge on any atom is 0.317 e. The SMILES string of the molecule is CC(C)c1ccc(CN(C)C(=O)NCCC(=O)O)cc1. The van der Waals surface area contributed by atoms with Gasteiger partial charge in [-0.05, 0) is 17.0 Å². The highest BCUT2D eigenvalue weighted by Crippen LogP contribution is 2.15. The summed E-state index contributed by atoms with van der Waals surface area (Å²) in [5.41, 5.74) is 2.31. The smallest absolute Gasteiger partial charge is 0.317 e. The van der Waals surface area contributed by atoms with Crippen molar-refractivity contribution in [2.75, 3.05) is 13.6 Å². The van der Waals surface area contributed by atoms with Crippen molar-refractivity contribution < 1.29 is 14.7 Å². The van der Waals surface area contributed by atoms with Crippen LogP contribution in [-0.4, -0.2) is 35.6 Å². The fraction of sp³-hybridized carbons (Fsp3) is 0.467. The summed E-state index contributed by atoms with van der Waals surface area (Å²) >= 11 is 0. The van der Waals surface area contributed by atoms with Crippen molar-refractivity contribution in [2.45, 2.75) is 32.7 Å². The van der Waals surface area contributed by atoms with Gasteiger partial charge in [0.1, 0.15) is 0 Å². The van der Waals surface area contributed by atoms with Gasteiger partial charge in [0.25, 0.3) is 0 Å². The van der Waals surface area contributed by atoms with Crippen molar-refractivity contribution >= 4 is 12.0 Å². The second-order valence-electron chi connectivity index (χ2n) is 5.13. The van der Waals surface area contributed by atoms with Crippen LogP contribution in [0.1, 0.15) is 37.3 Å². The number of benzene rings is 1. The van der Waals surface area contributed by atoms with E-state index in [0.29, 0.717) is 12.5 Å². The van der Waals surface area contributed by atoms with Crippen LogP contribution in [0, 0.1) is 0 Å². The Bertz CT molecular complexity index is 455. The molecule has 1 aromatic carbocycles. The van der Waals surface area contributed by atoms with Gasteiger partial charge in [-0.1, -0.05) is 38.1 Å². The summed E-state index contributed by atoms with van der Waals surface area (Å²) in [6.45, 7) is 4.91. The topological polar surface area (TPSA) is 69.6 Å². The number of hydrogen-bond donors (Lipinski definition) is 2. The van der Waals surface area contributed by atoms with Gasteiger partial charge in [0.2, 0.25) is 0 Å². The molecule has 0 heterocycles. The standard InChI is InChI=1S/C15H22N2O3/c1-11(2)13-6-4-12(5-7-13)10-17(3)15(20)16-9-8-14(18)19/h4-7,11H,8-10H2,1-3H3,(H,16,20)(H,18,19). The number of nitrogens with one attached hydrogen (secondary N) is 1. The molecule has 20 heavy (non-hydrogen) atoms. The first-order chi connectivity index (χ1) is 9.40. The van der Waals surface area contributed by atoms with Crippen LogP contribution < -0.4 is 5.32 Å². The molecule has 0 aromatic heterocycles. The molecule has 1 rings (SSSR count). The van der Waals surface area contributed by atoms with Crippen LogP contribution in [0.5, 0.6) is 0 Å². The van der Waals surface area contributed by atoms with E-state index in [1.165, 1.54) is 10.5 Å². The zero-order valence-corrected chi connectivity index (χ0v) is 12.2. The van der Waals surface area contributed by atoms with Crippen molar-refractivity contribution in [2.24, 2.45) is 0 Å². The summed E-state index contributed by atoms with van der Waals surface area (Å²) in [6, 6.07) is 7.89. The van der Waals surface area contributed by atoms with E-state index >= 15 is 0 Å². The van der Waals surface area contributed by atoms with E-state index in [9.17, 15) is 9.59 Å². The molecule has 0 saturated heterocycles. The quantitative estimate of drug-likeness (QED) is 0.839. The number of nitrogens with zero attached hydrogens (tertiary/aromatic N) is 1. The van der Waals surface area contributed by atoms with Crippen molar-refractivity contribution in [1.82, 2.24) is 10.2 Å². The van der Waals surface area contributed by atoms with Gasteiger partial charge in [0.05, 0.1) is 6.42 Å². The maximum absolute atomic E-state index is 11.7. The number of carboxylic acids is 1. The Balaban J connectivity index is 2.46. The molecule has 0 bridgehead atoms. The fourth-order valence-corrected chi connectivity index (χ4v) is 1.76. The lowest BCUT2D eigenvalue weighted by molar-refractivity contribution is -0.136. The Kier molecular flexibility index (Phi) is 6.03. The first-order valence-electron chi connectivity index (χ1n) is 6.69. The van der Waals surface area contributed by atoms with Crippen LogP contribution in [0.3, 0.4) is 0 Å². The van der Waals surface area contributed by atoms with Crippen LogP contribution in [0.2, 0.25) is 0 Å². The highest BCUT2D eigenvalue weighted by atomic mass is 16.4. The molecule has 0 aliphatic heterocycles. The molecule has 0 atom stereocenters. The van der Waals surface area contributed by atoms with Crippen LogP contribution in [0.4, 0.5) is 4.79 Å². The van der Waals surface area contributed by atoms with E-state index in [1.807, 2.05) is 12.1 Å². The van der Waals surface area contributed by atoms with E-state index in [1.54, 1.807) is 7.05 Å². The zero-order valence-electron chi connectivity index (χ0n) is 12.2. The largest absolute Gasteiger partial charge is 0.481 e. The van der Waals surface area contributed by atoms with E-state index < -0.39 is 5.97 Å². The fourth-order valence-electron chi connectivity index (χ4n) is 1.76. The molecule has 0 aliphatic carbocycles. The number of urea groups is 1. The number of hydrogen-bond acceptors (Lipinski definition) is 2. The molecule has 0 aliphatic rings. The van der Waals surface area contributed by atoms with Crippen molar-refractivity contribution in [3.63, 3.8) is 0 Å². The number of carbonyl (C=O) groups is 2. The van der Waals surface area contributed by atoms with Crippen LogP contribution in [0.25, 0.3) is 0 Å². The highest BCUT2D eigenvalue weighted by molar-refractivity contribution is 5.75. The van der Waals surface area contributed by atoms with Crippen molar-refractivity contribution in [3.8, 4) is 0 Å². The number of aliphatic carboxylic acids is 1. The molecule has 110 valence electrons. The van der Waals surface area contributed by atoms with Gasteiger partial charge in [0.15, 0.2) is 0 Å². The summed E-state index contributed by atoms with van der Waals surface area (Å²) in [7, 11) is 1.69. The second-order valence-corrected chi connectivity index (χ2v) is 5.13. The van der Waals surface area contributed by atoms with Gasteiger partial charge in [0, 0.05) is 20.1 Å². The predicted octanol–water partition coefficient (Wildman–Crippen LogP) is 2.43. The summed E-state index contributed by atoms with van der Waals surface area (Å²) in [4.78, 5) is 23.6. The minimum atomic E-state index is -0.919. The summed E-state index contributed by atoms with van der Waals surface area (Å²) in [5, 5.41) is 11.1. The molecular weight excluding hydrogens is 256 g/mol. The lowest BCUT2D eigenvalue weighted by atomic mass is 10.0. The van der Waals surface area contributed by atoms with Gasteiger partial charge in [-0.15, -0.1) is 0 Å². The van der Waals surface area contributed by atoms with Gasteiger partial charge in [-0.2, -0.15) is 0 Å². The monoisotopic (exact) mass is 278 g/mol. The highest BCUT2D eigenvalue weighted by Gasteiger charge is 2.09. The van der Waals surface area contributed by atoms with Gasteiger partial charge >= 0.3 is 12.0 Å². The molecule has 5 heteroatoms. The lowest BCUT2D eigenvalue weighted by Crippen LogP contribution is -2.37. The molecule has 0 spiro atoms. The van der Waals surface area contributed by atoms with E-state index in [0.717, 1.165) is 5.56 Å². The number of carboxylic acid groups (broad SMARTS) is 1. The molecule has 0 radical (unpaired) electrons. The van der Waals surface area contributed by atoms with E-state index in [2.05, 4.69) is 31.3 Å². The minimum Gasteiger partial charge on any atom is -0.481 e. The Labute approximate surface area is 119 Å². The number of amides is 2. The van der Waals surface area contributed by atoms with Gasteiger partial charge in [-0.25, -0.2) is 4.79 Å². The Morgan fingerprint density at radius 2 is 1.85 bits per heavy atom. The number of carbonyl (C=O) groups excluding carboxylic acids is 1. The summed E-state index contributed by atoms with van der Waals surface area (Å²) in [6.07, 6.45) is -0.0668. The third kappa shape index (κ3) is 5.30. The Hall–Kier alpha value is -2.04. The van der Waals surface area contributed by atoms with E-state index in [4.69, 9.17) is 5.11 Å². The second kappa shape index (κ2) is 7.53. The van der Waals surface area contributed by atoms with E-state index in [-0.39, 0.29) is 19.0 Å². The third-order valence-electron chi connectivity index (χ3n) is 3.03. The molecule has 0 saturated carbocycles. The Morgan fingerprint density at radius 3 is 2.35 bits per heavy atom. The first kappa shape index (κ1) is 16.0. The van der Waals surface area contributed by atoms with Crippen molar-refractivity contribution in [1.29, 1.82) is 0 Å². The normalized spacial score (nSPS) is 10.4. The lowest BCUT2D eigenvalue weighted by Gasteiger charge is -2.18. The average molecular weight is 278 g/mol. The van der Waals surface area contributed by atoms with Crippen molar-refractivity contribution in [3.05, 3.63) is 35.4 Å². The molecule has 5 nitrogen and oxygen atoms in total. The Morgan fingerprint density at radius 1 is 1.25 bits per heavy atom. The van der Waals surface area contributed by atoms with Gasteiger partial charge in [-0.3, -0.25) is 4.79 Å².